The molecule has 1 aromatic heterocycles. The number of halogens is 2. The van der Waals surface area contributed by atoms with Gasteiger partial charge in [0, 0.05) is 22.0 Å². The summed E-state index contributed by atoms with van der Waals surface area (Å²) in [7, 11) is 0. The molecule has 0 aliphatic carbocycles. The van der Waals surface area contributed by atoms with Gasteiger partial charge in [0.1, 0.15) is 0 Å². The Labute approximate surface area is 128 Å². The van der Waals surface area contributed by atoms with E-state index in [1.54, 1.807) is 0 Å². The number of aromatic nitrogens is 2. The normalized spacial score (nSPS) is 10.7. The van der Waals surface area contributed by atoms with Gasteiger partial charge in [0.2, 0.25) is 0 Å². The first kappa shape index (κ1) is 14.3. The molecular formula is C12H14Br2N4O. The molecule has 7 heteroatoms. The molecule has 0 unspecified atom stereocenters. The molecule has 0 saturated carbocycles. The Kier molecular flexibility index (Phi) is 4.46. The average Bonchev–Trinajstić information content (AvgIpc) is 2.85. The Morgan fingerprint density at radius 3 is 2.58 bits per heavy atom. The van der Waals surface area contributed by atoms with Gasteiger partial charge in [-0.1, -0.05) is 15.9 Å². The van der Waals surface area contributed by atoms with Gasteiger partial charge in [-0.2, -0.15) is 4.98 Å². The van der Waals surface area contributed by atoms with Gasteiger partial charge in [-0.05, 0) is 47.1 Å². The quantitative estimate of drug-likeness (QED) is 0.807. The summed E-state index contributed by atoms with van der Waals surface area (Å²) in [6, 6.07) is 3.74. The average molecular weight is 390 g/mol. The smallest absolute Gasteiger partial charge is 0.266 e. The number of nitrogens with zero attached hydrogens (tertiary/aromatic N) is 3. The molecule has 0 saturated heterocycles. The fourth-order valence-corrected chi connectivity index (χ4v) is 2.95. The van der Waals surface area contributed by atoms with Crippen LogP contribution in [0.1, 0.15) is 13.8 Å². The van der Waals surface area contributed by atoms with Crippen molar-refractivity contribution in [2.45, 2.75) is 13.8 Å². The third kappa shape index (κ3) is 2.92. The van der Waals surface area contributed by atoms with E-state index < -0.39 is 0 Å². The minimum absolute atomic E-state index is 0.418. The van der Waals surface area contributed by atoms with E-state index in [9.17, 15) is 0 Å². The molecule has 0 aliphatic rings. The zero-order valence-electron chi connectivity index (χ0n) is 10.7. The Bertz CT molecular complexity index is 581. The summed E-state index contributed by atoms with van der Waals surface area (Å²) in [6.07, 6.45) is 0. The van der Waals surface area contributed by atoms with Gasteiger partial charge in [0.25, 0.3) is 11.8 Å². The Balaban J connectivity index is 2.43. The molecule has 0 aliphatic heterocycles. The number of hydrogen-bond donors (Lipinski definition) is 1. The molecule has 0 fully saturated rings. The van der Waals surface area contributed by atoms with Crippen molar-refractivity contribution in [3.63, 3.8) is 0 Å². The molecule has 0 radical (unpaired) electrons. The van der Waals surface area contributed by atoms with Crippen molar-refractivity contribution in [3.8, 4) is 11.5 Å². The van der Waals surface area contributed by atoms with E-state index >= 15 is 0 Å². The van der Waals surface area contributed by atoms with Crippen molar-refractivity contribution in [2.24, 2.45) is 0 Å². The maximum Gasteiger partial charge on any atom is 0.266 e. The minimum Gasteiger partial charge on any atom is -0.397 e. The Morgan fingerprint density at radius 2 is 1.95 bits per heavy atom. The van der Waals surface area contributed by atoms with Crippen molar-refractivity contribution in [1.82, 2.24) is 10.1 Å². The molecule has 1 heterocycles. The van der Waals surface area contributed by atoms with Gasteiger partial charge in [-0.15, -0.1) is 0 Å². The highest BCUT2D eigenvalue weighted by atomic mass is 79.9. The van der Waals surface area contributed by atoms with Crippen LogP contribution in [0.25, 0.3) is 11.5 Å². The molecule has 0 spiro atoms. The molecule has 0 amide bonds. The lowest BCUT2D eigenvalue weighted by atomic mass is 10.2. The summed E-state index contributed by atoms with van der Waals surface area (Å²) in [5.74, 6) is 0.997. The second-order valence-electron chi connectivity index (χ2n) is 3.92. The summed E-state index contributed by atoms with van der Waals surface area (Å²) >= 11 is 6.82. The lowest BCUT2D eigenvalue weighted by molar-refractivity contribution is 0.429. The van der Waals surface area contributed by atoms with Gasteiger partial charge in [-0.3, -0.25) is 0 Å². The highest BCUT2D eigenvalue weighted by Crippen LogP contribution is 2.34. The minimum atomic E-state index is 0.418. The topological polar surface area (TPSA) is 68.2 Å². The van der Waals surface area contributed by atoms with Crippen LogP contribution in [0.4, 0.5) is 11.6 Å². The Morgan fingerprint density at radius 1 is 1.26 bits per heavy atom. The van der Waals surface area contributed by atoms with E-state index in [-0.39, 0.29) is 0 Å². The van der Waals surface area contributed by atoms with Crippen LogP contribution < -0.4 is 10.6 Å². The number of nitrogen functional groups attached to an aromatic ring is 1. The third-order valence-electron chi connectivity index (χ3n) is 2.79. The number of benzene rings is 1. The van der Waals surface area contributed by atoms with Crippen molar-refractivity contribution in [3.05, 3.63) is 21.1 Å². The summed E-state index contributed by atoms with van der Waals surface area (Å²) in [4.78, 5) is 6.40. The van der Waals surface area contributed by atoms with E-state index in [1.165, 1.54) is 0 Å². The molecule has 0 bridgehead atoms. The monoisotopic (exact) mass is 388 g/mol. The van der Waals surface area contributed by atoms with Gasteiger partial charge in [0.05, 0.1) is 11.3 Å². The highest BCUT2D eigenvalue weighted by molar-refractivity contribution is 9.11. The zero-order valence-corrected chi connectivity index (χ0v) is 13.8. The standard InChI is InChI=1S/C12H14Br2N4O/c1-3-18(4-2)12-16-11(19-17-12)8-5-7(13)6-9(14)10(8)15/h5-6H,3-4,15H2,1-2H3. The third-order valence-corrected chi connectivity index (χ3v) is 3.90. The van der Waals surface area contributed by atoms with Crippen molar-refractivity contribution in [1.29, 1.82) is 0 Å². The van der Waals surface area contributed by atoms with Crippen LogP contribution in [-0.4, -0.2) is 23.2 Å². The largest absolute Gasteiger partial charge is 0.397 e. The van der Waals surface area contributed by atoms with Crippen LogP contribution in [0.2, 0.25) is 0 Å². The van der Waals surface area contributed by atoms with Crippen LogP contribution in [0, 0.1) is 0 Å². The summed E-state index contributed by atoms with van der Waals surface area (Å²) in [5, 5.41) is 3.99. The lowest BCUT2D eigenvalue weighted by Crippen LogP contribution is -2.22. The highest BCUT2D eigenvalue weighted by Gasteiger charge is 2.16. The van der Waals surface area contributed by atoms with Crippen LogP contribution in [0.3, 0.4) is 0 Å². The number of nitrogens with two attached hydrogens (primary N) is 1. The fraction of sp³-hybridized carbons (Fsp3) is 0.333. The van der Waals surface area contributed by atoms with Crippen molar-refractivity contribution < 1.29 is 4.52 Å². The van der Waals surface area contributed by atoms with Crippen LogP contribution in [-0.2, 0) is 0 Å². The maximum atomic E-state index is 6.02. The van der Waals surface area contributed by atoms with Crippen molar-refractivity contribution in [2.75, 3.05) is 23.7 Å². The van der Waals surface area contributed by atoms with E-state index in [4.69, 9.17) is 10.3 Å². The molecule has 2 aromatic rings. The van der Waals surface area contributed by atoms with Gasteiger partial charge >= 0.3 is 0 Å². The van der Waals surface area contributed by atoms with E-state index in [2.05, 4.69) is 42.0 Å². The molecule has 102 valence electrons. The molecule has 19 heavy (non-hydrogen) atoms. The second-order valence-corrected chi connectivity index (χ2v) is 5.69. The van der Waals surface area contributed by atoms with Crippen LogP contribution in [0.15, 0.2) is 25.6 Å². The van der Waals surface area contributed by atoms with Gasteiger partial charge in [-0.25, -0.2) is 0 Å². The molecular weight excluding hydrogens is 376 g/mol. The molecule has 1 aromatic carbocycles. The fourth-order valence-electron chi connectivity index (χ4n) is 1.72. The van der Waals surface area contributed by atoms with Gasteiger partial charge in [0.15, 0.2) is 0 Å². The van der Waals surface area contributed by atoms with Crippen LogP contribution in [0.5, 0.6) is 0 Å². The molecule has 2 rings (SSSR count). The summed E-state index contributed by atoms with van der Waals surface area (Å²) in [6.45, 7) is 5.74. The lowest BCUT2D eigenvalue weighted by Gasteiger charge is -2.14. The molecule has 2 N–H and O–H groups in total. The second kappa shape index (κ2) is 5.92. The first-order chi connectivity index (χ1) is 9.06. The summed E-state index contributed by atoms with van der Waals surface area (Å²) < 4.78 is 6.99. The number of anilines is 2. The van der Waals surface area contributed by atoms with Crippen molar-refractivity contribution >= 4 is 43.5 Å². The molecule has 0 atom stereocenters. The number of hydrogen-bond acceptors (Lipinski definition) is 5. The molecule has 5 nitrogen and oxygen atoms in total. The maximum absolute atomic E-state index is 6.02. The zero-order chi connectivity index (χ0) is 14.0. The Hall–Kier alpha value is -1.08. The summed E-state index contributed by atoms with van der Waals surface area (Å²) in [5.41, 5.74) is 7.32. The SMILES string of the molecule is CCN(CC)c1noc(-c2cc(Br)cc(Br)c2N)n1. The van der Waals surface area contributed by atoms with E-state index in [0.717, 1.165) is 22.0 Å². The predicted octanol–water partition coefficient (Wildman–Crippen LogP) is 3.69. The van der Waals surface area contributed by atoms with E-state index in [0.29, 0.717) is 23.1 Å². The number of rotatable bonds is 4. The van der Waals surface area contributed by atoms with E-state index in [1.807, 2.05) is 30.9 Å². The predicted molar refractivity (Wildman–Crippen MR) is 83.1 cm³/mol. The van der Waals surface area contributed by atoms with Crippen LogP contribution >= 0.6 is 31.9 Å². The first-order valence-electron chi connectivity index (χ1n) is 5.90. The first-order valence-corrected chi connectivity index (χ1v) is 7.49. The van der Waals surface area contributed by atoms with Gasteiger partial charge < -0.3 is 15.2 Å².